The lowest BCUT2D eigenvalue weighted by Gasteiger charge is -2.39. The van der Waals surface area contributed by atoms with Crippen molar-refractivity contribution in [2.75, 3.05) is 33.4 Å². The number of guanidine groups is 2. The minimum absolute atomic E-state index is 0.00265. The Morgan fingerprint density at radius 1 is 0.851 bits per heavy atom. The van der Waals surface area contributed by atoms with E-state index in [1.54, 1.807) is 24.3 Å². The number of nitrogens with one attached hydrogen (secondary N) is 4. The van der Waals surface area contributed by atoms with Crippen LogP contribution in [0.5, 0.6) is 0 Å². The van der Waals surface area contributed by atoms with Crippen molar-refractivity contribution < 1.29 is 86.5 Å². The maximum Gasteiger partial charge on any atom is 0.508 e. The van der Waals surface area contributed by atoms with Crippen LogP contribution in [0.1, 0.15) is 31.4 Å². The third kappa shape index (κ3) is 16.1. The molecule has 3 aliphatic heterocycles. The number of cyclic esters (lactones) is 4. The Morgan fingerprint density at radius 2 is 1.45 bits per heavy atom. The maximum atomic E-state index is 13.2. The van der Waals surface area contributed by atoms with Crippen molar-refractivity contribution in [3.05, 3.63) is 59.1 Å². The predicted molar refractivity (Wildman–Crippen MR) is 225 cm³/mol. The first kappa shape index (κ1) is 51.4. The first-order chi connectivity index (χ1) is 31.7. The number of carbonyl (C=O) groups excluding carboxylic acids is 6. The van der Waals surface area contributed by atoms with Crippen molar-refractivity contribution in [3.8, 4) is 0 Å². The number of amides is 4. The summed E-state index contributed by atoms with van der Waals surface area (Å²) in [5.41, 5.74) is 23.8. The molecular weight excluding hydrogens is 896 g/mol. The molecule has 366 valence electrons. The van der Waals surface area contributed by atoms with E-state index < -0.39 is 133 Å². The van der Waals surface area contributed by atoms with Gasteiger partial charge in [0.2, 0.25) is 23.3 Å². The number of hydrogen-bond donors (Lipinski definition) is 10. The third-order valence-electron chi connectivity index (χ3n) is 9.71. The number of rotatable bonds is 22. The zero-order valence-electron chi connectivity index (χ0n) is 36.2. The lowest BCUT2D eigenvalue weighted by atomic mass is 9.92. The molecule has 4 rings (SSSR count). The minimum Gasteiger partial charge on any atom is -0.490 e. The standard InChI is InChI=1S/C39H52N10O18/c1-17(50)46-21(22(48-34(40)41)13-25(60-3)32(52)53)12-24(27-15-61-38(58)65-27)64-36(56)44-9-7-19-5-4-6-20(11-19)8-10-45-37(57)67-30(28-16-62-39(59)66-28)31-29(47-18(2)51)23(49-35(42)43)14-26(63-31)33(54)55/h4-6,11,13-14,21-24,27-31H,7-10,12,15-16H2,1-3H3,(H,44,56)(H,45,57)(H,46,50)(H,47,51)(H,52,53)(H,54,55)(H4,40,41,48)(H4,42,43,49)/b25-13-/t21-,22-,23-,24-,27+,28+,29+,30+,31+/m0/s1. The van der Waals surface area contributed by atoms with Crippen molar-refractivity contribution in [3.63, 3.8) is 0 Å². The normalized spacial score (nSPS) is 21.5. The predicted octanol–water partition coefficient (Wildman–Crippen LogP) is -2.30. The van der Waals surface area contributed by atoms with E-state index in [1.165, 1.54) is 13.8 Å². The molecule has 2 saturated heterocycles. The Balaban J connectivity index is 1.39. The molecule has 1 aromatic carbocycles. The summed E-state index contributed by atoms with van der Waals surface area (Å²) in [5, 5.41) is 29.6. The monoisotopic (exact) mass is 948 g/mol. The van der Waals surface area contributed by atoms with Crippen LogP contribution in [0, 0.1) is 0 Å². The van der Waals surface area contributed by atoms with Gasteiger partial charge in [-0.05, 0) is 36.1 Å². The number of nitrogens with zero attached hydrogens (tertiary/aromatic N) is 2. The number of carboxylic acid groups (broad SMARTS) is 2. The molecule has 0 bridgehead atoms. The summed E-state index contributed by atoms with van der Waals surface area (Å²) in [6.45, 7) is 1.63. The SMILES string of the molecule is CO/C(=C\[C@H](N=C(N)N)[C@H](C[C@H](OC(=O)NCCc1cccc(CCNC(=O)O[C@@H]([C@@H]2OC(C(=O)O)=C[C@H](N=C(N)N)[C@H]2NC(C)=O)[C@H]2COC(=O)O2)c1)[C@H]1COC(=O)O1)NC(C)=O)C(=O)O. The van der Waals surface area contributed by atoms with Crippen LogP contribution >= 0.6 is 0 Å². The van der Waals surface area contributed by atoms with E-state index in [-0.39, 0.29) is 39.0 Å². The summed E-state index contributed by atoms with van der Waals surface area (Å²) >= 11 is 0. The van der Waals surface area contributed by atoms with E-state index in [4.69, 9.17) is 60.8 Å². The van der Waals surface area contributed by atoms with Crippen molar-refractivity contribution in [2.24, 2.45) is 32.9 Å². The molecule has 0 unspecified atom stereocenters. The van der Waals surface area contributed by atoms with Crippen LogP contribution in [0.4, 0.5) is 19.2 Å². The largest absolute Gasteiger partial charge is 0.508 e. The van der Waals surface area contributed by atoms with Crippen LogP contribution in [0.2, 0.25) is 0 Å². The second-order valence-electron chi connectivity index (χ2n) is 14.7. The summed E-state index contributed by atoms with van der Waals surface area (Å²) in [5.74, 6) is -6.31. The second-order valence-corrected chi connectivity index (χ2v) is 14.7. The smallest absolute Gasteiger partial charge is 0.490 e. The van der Waals surface area contributed by atoms with Gasteiger partial charge in [-0.3, -0.25) is 9.59 Å². The molecule has 28 nitrogen and oxygen atoms in total. The molecular formula is C39H52N10O18. The van der Waals surface area contributed by atoms with E-state index in [2.05, 4.69) is 31.3 Å². The molecule has 4 amide bonds. The summed E-state index contributed by atoms with van der Waals surface area (Å²) in [7, 11) is 1.10. The van der Waals surface area contributed by atoms with Crippen molar-refractivity contribution in [1.29, 1.82) is 0 Å². The van der Waals surface area contributed by atoms with Crippen molar-refractivity contribution in [2.45, 2.75) is 87.8 Å². The summed E-state index contributed by atoms with van der Waals surface area (Å²) < 4.78 is 42.0. The number of alkyl carbamates (subject to hydrolysis) is 2. The highest BCUT2D eigenvalue weighted by Crippen LogP contribution is 2.29. The van der Waals surface area contributed by atoms with Crippen molar-refractivity contribution in [1.82, 2.24) is 21.3 Å². The van der Waals surface area contributed by atoms with Gasteiger partial charge in [-0.25, -0.2) is 38.8 Å². The number of carbonyl (C=O) groups is 8. The highest BCUT2D eigenvalue weighted by Gasteiger charge is 2.50. The molecule has 0 aromatic heterocycles. The van der Waals surface area contributed by atoms with Gasteiger partial charge in [-0.15, -0.1) is 0 Å². The molecule has 0 radical (unpaired) electrons. The first-order valence-electron chi connectivity index (χ1n) is 20.2. The molecule has 0 aliphatic carbocycles. The lowest BCUT2D eigenvalue weighted by molar-refractivity contribution is -0.144. The van der Waals surface area contributed by atoms with Gasteiger partial charge in [0, 0.05) is 33.4 Å². The Bertz CT molecular complexity index is 2140. The molecule has 0 spiro atoms. The first-order valence-corrected chi connectivity index (χ1v) is 20.2. The van der Waals surface area contributed by atoms with E-state index in [0.29, 0.717) is 0 Å². The van der Waals surface area contributed by atoms with Gasteiger partial charge in [0.25, 0.3) is 0 Å². The fraction of sp³-hybridized carbons (Fsp3) is 0.487. The number of benzene rings is 1. The molecule has 67 heavy (non-hydrogen) atoms. The van der Waals surface area contributed by atoms with Gasteiger partial charge in [-0.1, -0.05) is 24.3 Å². The maximum absolute atomic E-state index is 13.2. The molecule has 28 heteroatoms. The number of aliphatic carboxylic acids is 2. The van der Waals surface area contributed by atoms with Gasteiger partial charge in [0.05, 0.1) is 31.3 Å². The Morgan fingerprint density at radius 3 is 1.94 bits per heavy atom. The fourth-order valence-electron chi connectivity index (χ4n) is 6.95. The highest BCUT2D eigenvalue weighted by atomic mass is 16.8. The average Bonchev–Trinajstić information content (AvgIpc) is 3.88. The quantitative estimate of drug-likeness (QED) is 0.0146. The molecule has 2 fully saturated rings. The number of methoxy groups -OCH3 is 1. The number of nitrogens with two attached hydrogens (primary N) is 4. The lowest BCUT2D eigenvalue weighted by Crippen LogP contribution is -2.61. The Kier molecular flexibility index (Phi) is 18.6. The topological polar surface area (TPSA) is 428 Å². The highest BCUT2D eigenvalue weighted by molar-refractivity contribution is 5.86. The van der Waals surface area contributed by atoms with Gasteiger partial charge >= 0.3 is 36.4 Å². The zero-order valence-corrected chi connectivity index (χ0v) is 36.2. The Hall–Kier alpha value is -8.20. The van der Waals surface area contributed by atoms with Crippen LogP contribution in [0.3, 0.4) is 0 Å². The minimum atomic E-state index is -1.56. The van der Waals surface area contributed by atoms with Crippen LogP contribution in [0.15, 0.2) is 57.9 Å². The van der Waals surface area contributed by atoms with Gasteiger partial charge in [-0.2, -0.15) is 0 Å². The summed E-state index contributed by atoms with van der Waals surface area (Å²) in [6.07, 6.45) is -8.61. The van der Waals surface area contributed by atoms with Crippen LogP contribution in [-0.2, 0) is 69.9 Å². The zero-order chi connectivity index (χ0) is 49.4. The van der Waals surface area contributed by atoms with E-state index in [9.17, 15) is 48.6 Å². The number of ether oxygens (including phenoxy) is 8. The Labute approximate surface area is 380 Å². The van der Waals surface area contributed by atoms with Crippen LogP contribution in [-0.4, -0.2) is 158 Å². The van der Waals surface area contributed by atoms with Crippen molar-refractivity contribution >= 4 is 60.2 Å². The molecule has 3 heterocycles. The van der Waals surface area contributed by atoms with Gasteiger partial charge in [0.15, 0.2) is 36.3 Å². The fourth-order valence-corrected chi connectivity index (χ4v) is 6.95. The number of aliphatic imine (C=N–C) groups is 2. The van der Waals surface area contributed by atoms with Gasteiger partial charge in [0.1, 0.15) is 19.3 Å². The van der Waals surface area contributed by atoms with E-state index in [0.717, 1.165) is 30.4 Å². The van der Waals surface area contributed by atoms with E-state index in [1.807, 2.05) is 0 Å². The molecule has 3 aliphatic rings. The van der Waals surface area contributed by atoms with Crippen LogP contribution in [0.25, 0.3) is 0 Å². The average molecular weight is 949 g/mol. The summed E-state index contributed by atoms with van der Waals surface area (Å²) in [6, 6.07) is 2.25. The molecule has 0 saturated carbocycles. The summed E-state index contributed by atoms with van der Waals surface area (Å²) in [4.78, 5) is 106. The van der Waals surface area contributed by atoms with E-state index >= 15 is 0 Å². The molecule has 14 N–H and O–H groups in total. The molecule has 9 atom stereocenters. The molecule has 1 aromatic rings. The van der Waals surface area contributed by atoms with Gasteiger partial charge < -0.3 is 92.3 Å². The second kappa shape index (κ2) is 24.2. The van der Waals surface area contributed by atoms with Crippen LogP contribution < -0.4 is 44.2 Å². The number of carboxylic acids is 2. The number of hydrogen-bond acceptors (Lipinski definition) is 18. The third-order valence-corrected chi connectivity index (χ3v) is 9.71.